The van der Waals surface area contributed by atoms with Gasteiger partial charge in [0, 0.05) is 19.0 Å². The van der Waals surface area contributed by atoms with Crippen molar-refractivity contribution >= 4 is 24.0 Å². The van der Waals surface area contributed by atoms with Crippen LogP contribution >= 0.6 is 0 Å². The van der Waals surface area contributed by atoms with E-state index in [1.54, 1.807) is 19.1 Å². The molecule has 1 saturated heterocycles. The fourth-order valence-electron chi connectivity index (χ4n) is 2.52. The third kappa shape index (κ3) is 3.39. The molecular weight excluding hydrogens is 300 g/mol. The topological polar surface area (TPSA) is 92.8 Å². The Hall–Kier alpha value is -2.70. The molecule has 1 unspecified atom stereocenters. The predicted octanol–water partition coefficient (Wildman–Crippen LogP) is 0.775. The monoisotopic (exact) mass is 318 g/mol. The smallest absolute Gasteiger partial charge is 0.258 e. The molecule has 23 heavy (non-hydrogen) atoms. The summed E-state index contributed by atoms with van der Waals surface area (Å²) in [4.78, 5) is 48.4. The standard InChI is InChI=1S/C16H18N2O5/c1-3-23-12-6-4-5-10(9-19)14(12)16(22)18(2)11-7-8-13(20)17-15(11)21/h4-6,9,11H,3,7-8H2,1-2H3,(H,17,20,21). The number of rotatable bonds is 5. The van der Waals surface area contributed by atoms with Crippen molar-refractivity contribution in [3.63, 3.8) is 0 Å². The van der Waals surface area contributed by atoms with Crippen LogP contribution in [0.25, 0.3) is 0 Å². The maximum Gasteiger partial charge on any atom is 0.258 e. The lowest BCUT2D eigenvalue weighted by Crippen LogP contribution is -2.53. The molecule has 7 nitrogen and oxygen atoms in total. The summed E-state index contributed by atoms with van der Waals surface area (Å²) in [6.45, 7) is 2.11. The van der Waals surface area contributed by atoms with Crippen LogP contribution in [-0.4, -0.2) is 48.6 Å². The summed E-state index contributed by atoms with van der Waals surface area (Å²) >= 11 is 0. The average Bonchev–Trinajstić information content (AvgIpc) is 2.53. The van der Waals surface area contributed by atoms with E-state index in [0.29, 0.717) is 18.6 Å². The summed E-state index contributed by atoms with van der Waals surface area (Å²) in [5, 5.41) is 2.21. The van der Waals surface area contributed by atoms with E-state index in [-0.39, 0.29) is 29.9 Å². The van der Waals surface area contributed by atoms with Gasteiger partial charge in [-0.3, -0.25) is 24.5 Å². The molecule has 122 valence electrons. The Morgan fingerprint density at radius 3 is 2.78 bits per heavy atom. The second kappa shape index (κ2) is 7.04. The van der Waals surface area contributed by atoms with Crippen molar-refractivity contribution in [3.05, 3.63) is 29.3 Å². The number of nitrogens with one attached hydrogen (secondary N) is 1. The molecule has 7 heteroatoms. The zero-order valence-corrected chi connectivity index (χ0v) is 13.0. The molecule has 1 N–H and O–H groups in total. The third-order valence-corrected chi connectivity index (χ3v) is 3.70. The molecule has 0 saturated carbocycles. The van der Waals surface area contributed by atoms with Crippen molar-refractivity contribution in [2.24, 2.45) is 0 Å². The number of carbonyl (C=O) groups is 4. The fourth-order valence-corrected chi connectivity index (χ4v) is 2.52. The molecule has 0 aromatic heterocycles. The van der Waals surface area contributed by atoms with Gasteiger partial charge in [0.25, 0.3) is 5.91 Å². The summed E-state index contributed by atoms with van der Waals surface area (Å²) in [6.07, 6.45) is 0.996. The average molecular weight is 318 g/mol. The molecule has 1 atom stereocenters. The van der Waals surface area contributed by atoms with E-state index in [0.717, 1.165) is 0 Å². The number of imide groups is 1. The van der Waals surface area contributed by atoms with Crippen LogP contribution in [0.1, 0.15) is 40.5 Å². The van der Waals surface area contributed by atoms with Gasteiger partial charge in [-0.15, -0.1) is 0 Å². The Kier molecular flexibility index (Phi) is 5.10. The summed E-state index contributed by atoms with van der Waals surface area (Å²) in [7, 11) is 1.47. The SMILES string of the molecule is CCOc1cccc(C=O)c1C(=O)N(C)C1CCC(=O)NC1=O. The Morgan fingerprint density at radius 2 is 2.17 bits per heavy atom. The zero-order valence-electron chi connectivity index (χ0n) is 13.0. The van der Waals surface area contributed by atoms with Crippen LogP contribution in [-0.2, 0) is 9.59 Å². The highest BCUT2D eigenvalue weighted by molar-refractivity contribution is 6.07. The van der Waals surface area contributed by atoms with Gasteiger partial charge in [0.05, 0.1) is 12.2 Å². The summed E-state index contributed by atoms with van der Waals surface area (Å²) in [5.41, 5.74) is 0.316. The Balaban J connectivity index is 2.34. The van der Waals surface area contributed by atoms with Gasteiger partial charge in [-0.05, 0) is 19.4 Å². The number of nitrogens with zero attached hydrogens (tertiary/aromatic N) is 1. The number of ether oxygens (including phenoxy) is 1. The van der Waals surface area contributed by atoms with Gasteiger partial charge in [-0.1, -0.05) is 12.1 Å². The number of likely N-dealkylation sites (N-methyl/N-ethyl adjacent to an activating group) is 1. The van der Waals surface area contributed by atoms with Crippen molar-refractivity contribution in [2.45, 2.75) is 25.8 Å². The van der Waals surface area contributed by atoms with E-state index in [2.05, 4.69) is 5.32 Å². The zero-order chi connectivity index (χ0) is 17.0. The lowest BCUT2D eigenvalue weighted by molar-refractivity contribution is -0.136. The molecular formula is C16H18N2O5. The van der Waals surface area contributed by atoms with E-state index < -0.39 is 17.9 Å². The van der Waals surface area contributed by atoms with Gasteiger partial charge in [-0.2, -0.15) is 0 Å². The van der Waals surface area contributed by atoms with Crippen LogP contribution in [0.15, 0.2) is 18.2 Å². The number of aldehydes is 1. The van der Waals surface area contributed by atoms with Gasteiger partial charge in [0.2, 0.25) is 11.8 Å². The molecule has 1 aromatic rings. The first-order chi connectivity index (χ1) is 11.0. The number of hydrogen-bond acceptors (Lipinski definition) is 5. The minimum absolute atomic E-state index is 0.122. The van der Waals surface area contributed by atoms with Crippen molar-refractivity contribution in [3.8, 4) is 5.75 Å². The van der Waals surface area contributed by atoms with Gasteiger partial charge in [0.15, 0.2) is 6.29 Å². The van der Waals surface area contributed by atoms with E-state index in [1.807, 2.05) is 0 Å². The highest BCUT2D eigenvalue weighted by Crippen LogP contribution is 2.25. The lowest BCUT2D eigenvalue weighted by atomic mass is 10.0. The minimum Gasteiger partial charge on any atom is -0.493 e. The van der Waals surface area contributed by atoms with Crippen LogP contribution in [0.2, 0.25) is 0 Å². The maximum atomic E-state index is 12.8. The first-order valence-electron chi connectivity index (χ1n) is 7.31. The number of piperidine rings is 1. The van der Waals surface area contributed by atoms with Crippen LogP contribution in [0, 0.1) is 0 Å². The van der Waals surface area contributed by atoms with Gasteiger partial charge in [-0.25, -0.2) is 0 Å². The maximum absolute atomic E-state index is 12.8. The highest BCUT2D eigenvalue weighted by atomic mass is 16.5. The Morgan fingerprint density at radius 1 is 1.43 bits per heavy atom. The molecule has 1 aliphatic rings. The quantitative estimate of drug-likeness (QED) is 0.639. The third-order valence-electron chi connectivity index (χ3n) is 3.70. The summed E-state index contributed by atoms with van der Waals surface area (Å²) in [6, 6.07) is 3.98. The van der Waals surface area contributed by atoms with Gasteiger partial charge < -0.3 is 9.64 Å². The van der Waals surface area contributed by atoms with E-state index in [9.17, 15) is 19.2 Å². The molecule has 0 aliphatic carbocycles. The van der Waals surface area contributed by atoms with Crippen LogP contribution in [0.5, 0.6) is 5.75 Å². The second-order valence-electron chi connectivity index (χ2n) is 5.15. The van der Waals surface area contributed by atoms with Crippen LogP contribution in [0.3, 0.4) is 0 Å². The largest absolute Gasteiger partial charge is 0.493 e. The normalized spacial score (nSPS) is 17.4. The van der Waals surface area contributed by atoms with Gasteiger partial charge >= 0.3 is 0 Å². The van der Waals surface area contributed by atoms with Crippen LogP contribution in [0.4, 0.5) is 0 Å². The van der Waals surface area contributed by atoms with Crippen molar-refractivity contribution in [2.75, 3.05) is 13.7 Å². The number of hydrogen-bond donors (Lipinski definition) is 1. The van der Waals surface area contributed by atoms with Crippen molar-refractivity contribution in [1.29, 1.82) is 0 Å². The highest BCUT2D eigenvalue weighted by Gasteiger charge is 2.34. The second-order valence-corrected chi connectivity index (χ2v) is 5.15. The molecule has 0 bridgehead atoms. The first kappa shape index (κ1) is 16.7. The number of amides is 3. The Bertz CT molecular complexity index is 656. The lowest BCUT2D eigenvalue weighted by Gasteiger charge is -2.30. The molecule has 2 rings (SSSR count). The van der Waals surface area contributed by atoms with E-state index in [1.165, 1.54) is 18.0 Å². The molecule has 0 spiro atoms. The van der Waals surface area contributed by atoms with Crippen molar-refractivity contribution in [1.82, 2.24) is 10.2 Å². The molecule has 3 amide bonds. The molecule has 1 fully saturated rings. The van der Waals surface area contributed by atoms with E-state index in [4.69, 9.17) is 4.74 Å². The van der Waals surface area contributed by atoms with Gasteiger partial charge in [0.1, 0.15) is 11.8 Å². The van der Waals surface area contributed by atoms with Crippen molar-refractivity contribution < 1.29 is 23.9 Å². The van der Waals surface area contributed by atoms with Crippen LogP contribution < -0.4 is 10.1 Å². The number of carbonyl (C=O) groups excluding carboxylic acids is 4. The molecule has 1 heterocycles. The summed E-state index contributed by atoms with van der Waals surface area (Å²) in [5.74, 6) is -1.07. The predicted molar refractivity (Wildman–Crippen MR) is 81.3 cm³/mol. The molecule has 1 aromatic carbocycles. The molecule has 1 aliphatic heterocycles. The first-order valence-corrected chi connectivity index (χ1v) is 7.31. The number of benzene rings is 1. The fraction of sp³-hybridized carbons (Fsp3) is 0.375. The minimum atomic E-state index is -0.755. The Labute approximate surface area is 133 Å². The van der Waals surface area contributed by atoms with E-state index >= 15 is 0 Å². The summed E-state index contributed by atoms with van der Waals surface area (Å²) < 4.78 is 5.42. The molecule has 0 radical (unpaired) electrons.